The zero-order chi connectivity index (χ0) is 34.4. The summed E-state index contributed by atoms with van der Waals surface area (Å²) in [5.74, 6) is 3.11. The molecule has 2 unspecified atom stereocenters. The number of ether oxygens (including phenoxy) is 2. The molecule has 4 atom stereocenters. The third-order valence-electron chi connectivity index (χ3n) is 12.7. The molecular weight excluding hydrogens is 629 g/mol. The number of benzene rings is 3. The van der Waals surface area contributed by atoms with Crippen molar-refractivity contribution in [2.24, 2.45) is 16.2 Å². The van der Waals surface area contributed by atoms with Crippen molar-refractivity contribution >= 4 is 27.5 Å². The zero-order valence-corrected chi connectivity index (χ0v) is 29.3. The molecule has 5 aliphatic rings. The van der Waals surface area contributed by atoms with E-state index in [1.54, 1.807) is 18.2 Å². The molecule has 2 bridgehead atoms. The molecule has 4 aliphatic heterocycles. The van der Waals surface area contributed by atoms with Crippen molar-refractivity contribution in [3.05, 3.63) is 53.3 Å². The van der Waals surface area contributed by atoms with E-state index in [0.717, 1.165) is 93.0 Å². The zero-order valence-electron chi connectivity index (χ0n) is 29.3. The van der Waals surface area contributed by atoms with E-state index in [9.17, 15) is 5.11 Å². The number of aromatic nitrogens is 2. The molecule has 0 spiro atoms. The number of phenols is 1. The summed E-state index contributed by atoms with van der Waals surface area (Å²) in [6, 6.07) is 11.9. The number of anilines is 1. The Hall–Kier alpha value is -3.97. The Kier molecular flexibility index (Phi) is 7.37. The molecule has 50 heavy (non-hydrogen) atoms. The molecule has 5 fully saturated rings. The predicted molar refractivity (Wildman–Crippen MR) is 194 cm³/mol. The van der Waals surface area contributed by atoms with E-state index in [1.165, 1.54) is 18.9 Å². The lowest BCUT2D eigenvalue weighted by Crippen LogP contribution is -2.51. The minimum Gasteiger partial charge on any atom is -0.508 e. The van der Waals surface area contributed by atoms with Gasteiger partial charge in [0, 0.05) is 71.8 Å². The fraction of sp³-hybridized carbons (Fsp3) is 0.512. The fourth-order valence-electron chi connectivity index (χ4n) is 9.48. The highest BCUT2D eigenvalue weighted by molar-refractivity contribution is 6.04. The van der Waals surface area contributed by atoms with Gasteiger partial charge in [0.1, 0.15) is 17.4 Å². The van der Waals surface area contributed by atoms with Crippen LogP contribution in [0.4, 0.5) is 10.2 Å². The number of rotatable bonds is 8. The standard InChI is InChI=1S/C41H46FN5O3/c1-5-25-14-33-35(16-31(25)32-15-29(48)13-26-7-10-34(42)30(6-2)36(26)32)44-38(45-37(33)47-17-27-8-9-28(18-47)43-27)50-24-41(11-12-41)21-46-19-39(3)22-49-23-40(39,4)20-46/h2,7,10,13-16,27-28,43,48H,5,8-9,11-12,17-24H2,1,3-4H3/t27?,28?,39-,40+. The maximum atomic E-state index is 15.1. The van der Waals surface area contributed by atoms with Crippen molar-refractivity contribution in [2.75, 3.05) is 57.4 Å². The van der Waals surface area contributed by atoms with Crippen molar-refractivity contribution in [1.82, 2.24) is 20.2 Å². The van der Waals surface area contributed by atoms with Crippen LogP contribution < -0.4 is 15.0 Å². The minimum absolute atomic E-state index is 0.0970. The largest absolute Gasteiger partial charge is 0.508 e. The number of aromatic hydroxyl groups is 1. The summed E-state index contributed by atoms with van der Waals surface area (Å²) in [5, 5.41) is 16.8. The fourth-order valence-corrected chi connectivity index (χ4v) is 9.48. The van der Waals surface area contributed by atoms with Gasteiger partial charge in [0.2, 0.25) is 0 Å². The average molecular weight is 676 g/mol. The third kappa shape index (κ3) is 5.22. The Balaban J connectivity index is 1.10. The summed E-state index contributed by atoms with van der Waals surface area (Å²) in [6.07, 6.45) is 11.2. The van der Waals surface area contributed by atoms with Crippen LogP contribution in [-0.2, 0) is 11.2 Å². The van der Waals surface area contributed by atoms with Crippen molar-refractivity contribution in [3.63, 3.8) is 0 Å². The third-order valence-corrected chi connectivity index (χ3v) is 12.7. The van der Waals surface area contributed by atoms with Crippen molar-refractivity contribution in [1.29, 1.82) is 0 Å². The topological polar surface area (TPSA) is 83.0 Å². The van der Waals surface area contributed by atoms with Crippen LogP contribution in [0.15, 0.2) is 36.4 Å². The highest BCUT2D eigenvalue weighted by Gasteiger charge is 2.57. The number of nitrogens with zero attached hydrogens (tertiary/aromatic N) is 4. The molecule has 8 nitrogen and oxygen atoms in total. The number of piperazine rings is 1. The number of hydrogen-bond donors (Lipinski definition) is 2. The molecule has 9 rings (SSSR count). The molecule has 1 aromatic heterocycles. The van der Waals surface area contributed by atoms with Gasteiger partial charge in [0.25, 0.3) is 0 Å². The van der Waals surface area contributed by atoms with Crippen molar-refractivity contribution in [2.45, 2.75) is 65.0 Å². The maximum absolute atomic E-state index is 15.1. The summed E-state index contributed by atoms with van der Waals surface area (Å²) in [7, 11) is 0. The molecule has 1 saturated carbocycles. The van der Waals surface area contributed by atoms with Gasteiger partial charge in [-0.25, -0.2) is 4.39 Å². The van der Waals surface area contributed by atoms with Gasteiger partial charge in [-0.1, -0.05) is 32.8 Å². The van der Waals surface area contributed by atoms with E-state index in [1.807, 2.05) is 0 Å². The molecule has 4 saturated heterocycles. The second kappa shape index (κ2) is 11.5. The first-order valence-corrected chi connectivity index (χ1v) is 18.3. The lowest BCUT2D eigenvalue weighted by Gasteiger charge is -2.34. The number of aryl methyl sites for hydroxylation is 1. The van der Waals surface area contributed by atoms with Gasteiger partial charge in [-0.05, 0) is 84.5 Å². The van der Waals surface area contributed by atoms with Crippen LogP contribution >= 0.6 is 0 Å². The van der Waals surface area contributed by atoms with E-state index in [4.69, 9.17) is 25.9 Å². The molecule has 0 amide bonds. The summed E-state index contributed by atoms with van der Waals surface area (Å²) in [6.45, 7) is 14.0. The van der Waals surface area contributed by atoms with E-state index >= 15 is 4.39 Å². The Morgan fingerprint density at radius 3 is 2.46 bits per heavy atom. The Labute approximate surface area is 293 Å². The molecule has 2 N–H and O–H groups in total. The number of hydrogen-bond acceptors (Lipinski definition) is 8. The Bertz CT molecular complexity index is 2050. The van der Waals surface area contributed by atoms with Crippen LogP contribution in [0.1, 0.15) is 57.6 Å². The average Bonchev–Trinajstić information content (AvgIpc) is 3.60. The number of halogens is 1. The van der Waals surface area contributed by atoms with Gasteiger partial charge in [0.05, 0.1) is 30.9 Å². The van der Waals surface area contributed by atoms with E-state index in [0.29, 0.717) is 41.0 Å². The van der Waals surface area contributed by atoms with Crippen LogP contribution in [0.2, 0.25) is 0 Å². The van der Waals surface area contributed by atoms with Gasteiger partial charge >= 0.3 is 6.01 Å². The second-order valence-electron chi connectivity index (χ2n) is 16.5. The first-order valence-electron chi connectivity index (χ1n) is 18.3. The number of terminal acetylenes is 1. The van der Waals surface area contributed by atoms with Gasteiger partial charge in [-0.2, -0.15) is 9.97 Å². The monoisotopic (exact) mass is 675 g/mol. The molecular formula is C41H46FN5O3. The van der Waals surface area contributed by atoms with Crippen LogP contribution in [0.25, 0.3) is 32.8 Å². The molecule has 9 heteroatoms. The first-order chi connectivity index (χ1) is 24.1. The molecule has 5 heterocycles. The predicted octanol–water partition coefficient (Wildman–Crippen LogP) is 6.30. The molecule has 1 aliphatic carbocycles. The van der Waals surface area contributed by atoms with Crippen molar-refractivity contribution in [3.8, 4) is 35.2 Å². The highest BCUT2D eigenvalue weighted by atomic mass is 19.1. The summed E-state index contributed by atoms with van der Waals surface area (Å²) < 4.78 is 27.6. The van der Waals surface area contributed by atoms with Gasteiger partial charge in [0.15, 0.2) is 0 Å². The summed E-state index contributed by atoms with van der Waals surface area (Å²) in [4.78, 5) is 15.2. The minimum atomic E-state index is -0.456. The SMILES string of the molecule is C#Cc1c(F)ccc2cc(O)cc(-c3cc4nc(OCC5(CN6C[C@]7(C)COC[C@]7(C)C6)CC5)nc(N5CC6CCC(C5)N6)c4cc3CC)c12. The molecule has 3 aromatic carbocycles. The maximum Gasteiger partial charge on any atom is 0.318 e. The number of phenolic OH excluding ortho intramolecular Hbond substituents is 1. The van der Waals surface area contributed by atoms with Gasteiger partial charge < -0.3 is 29.7 Å². The highest BCUT2D eigenvalue weighted by Crippen LogP contribution is 2.54. The molecule has 260 valence electrons. The van der Waals surface area contributed by atoms with E-state index < -0.39 is 5.82 Å². The summed E-state index contributed by atoms with van der Waals surface area (Å²) >= 11 is 0. The molecule has 4 aromatic rings. The number of nitrogens with one attached hydrogen (secondary N) is 1. The normalized spacial score (nSPS) is 28.3. The quantitative estimate of drug-likeness (QED) is 0.211. The van der Waals surface area contributed by atoms with Crippen LogP contribution in [0, 0.1) is 34.4 Å². The second-order valence-corrected chi connectivity index (χ2v) is 16.5. The Morgan fingerprint density at radius 1 is 1.04 bits per heavy atom. The van der Waals surface area contributed by atoms with E-state index in [-0.39, 0.29) is 27.6 Å². The van der Waals surface area contributed by atoms with Crippen LogP contribution in [0.5, 0.6) is 11.8 Å². The smallest absolute Gasteiger partial charge is 0.318 e. The van der Waals surface area contributed by atoms with Crippen LogP contribution in [0.3, 0.4) is 0 Å². The van der Waals surface area contributed by atoms with Gasteiger partial charge in [-0.15, -0.1) is 6.42 Å². The number of likely N-dealkylation sites (tertiary alicyclic amines) is 1. The lowest BCUT2D eigenvalue weighted by atomic mass is 9.71. The first kappa shape index (κ1) is 32.0. The van der Waals surface area contributed by atoms with Gasteiger partial charge in [-0.3, -0.25) is 0 Å². The summed E-state index contributed by atoms with van der Waals surface area (Å²) in [5.41, 5.74) is 4.06. The van der Waals surface area contributed by atoms with Crippen molar-refractivity contribution < 1.29 is 19.0 Å². The van der Waals surface area contributed by atoms with Crippen LogP contribution in [-0.4, -0.2) is 84.6 Å². The molecule has 0 radical (unpaired) electrons. The lowest BCUT2D eigenvalue weighted by molar-refractivity contribution is 0.112. The number of fused-ring (bicyclic) bond motifs is 5. The Morgan fingerprint density at radius 2 is 1.78 bits per heavy atom. The van der Waals surface area contributed by atoms with E-state index in [2.05, 4.69) is 53.9 Å².